The van der Waals surface area contributed by atoms with Gasteiger partial charge in [0.1, 0.15) is 0 Å². The van der Waals surface area contributed by atoms with Gasteiger partial charge < -0.3 is 19.1 Å². The Balaban J connectivity index is 3.02. The van der Waals surface area contributed by atoms with E-state index in [4.69, 9.17) is 14.6 Å². The summed E-state index contributed by atoms with van der Waals surface area (Å²) in [6, 6.07) is 8.34. The quantitative estimate of drug-likeness (QED) is 0.480. The summed E-state index contributed by atoms with van der Waals surface area (Å²) in [7, 11) is 2.74. The van der Waals surface area contributed by atoms with E-state index in [1.807, 2.05) is 0 Å². The number of aliphatic carboxylic acids is 1. The second kappa shape index (κ2) is 7.17. The average Bonchev–Trinajstić information content (AvgIpc) is 2.40. The highest BCUT2D eigenvalue weighted by Gasteiger charge is 2.26. The maximum atomic E-state index is 12.1. The molecular weight excluding hydrogens is 256 g/mol. The van der Waals surface area contributed by atoms with Crippen molar-refractivity contribution in [3.63, 3.8) is 0 Å². The summed E-state index contributed by atoms with van der Waals surface area (Å²) in [6.07, 6.45) is 0.342. The first kappa shape index (κ1) is 14.7. The Labute approximate surface area is 108 Å². The van der Waals surface area contributed by atoms with E-state index in [-0.39, 0.29) is 4.91 Å². The lowest BCUT2D eigenvalue weighted by Crippen LogP contribution is -2.18. The molecule has 0 aliphatic carbocycles. The van der Waals surface area contributed by atoms with Gasteiger partial charge in [-0.25, -0.2) is 4.79 Å². The Morgan fingerprint density at radius 2 is 1.89 bits per heavy atom. The van der Waals surface area contributed by atoms with Crippen LogP contribution in [0.3, 0.4) is 0 Å². The first-order chi connectivity index (χ1) is 8.60. The zero-order valence-electron chi connectivity index (χ0n) is 10.0. The smallest absolute Gasteiger partial charge is 0.384 e. The van der Waals surface area contributed by atoms with E-state index in [1.165, 1.54) is 20.3 Å². The zero-order valence-corrected chi connectivity index (χ0v) is 10.8. The third-order valence-electron chi connectivity index (χ3n) is 2.12. The molecule has 98 valence electrons. The van der Waals surface area contributed by atoms with E-state index in [2.05, 4.69) is 0 Å². The van der Waals surface area contributed by atoms with Crippen molar-refractivity contribution in [2.75, 3.05) is 14.2 Å². The van der Waals surface area contributed by atoms with Gasteiger partial charge in [-0.3, -0.25) is 0 Å². The van der Waals surface area contributed by atoms with Crippen LogP contribution in [-0.4, -0.2) is 36.1 Å². The lowest BCUT2D eigenvalue weighted by atomic mass is 10.4. The maximum absolute atomic E-state index is 12.1. The number of benzene rings is 1. The van der Waals surface area contributed by atoms with Gasteiger partial charge in [-0.05, 0) is 12.1 Å². The Hall–Kier alpha value is -1.34. The molecule has 0 radical (unpaired) electrons. The SMILES string of the molecule is COC(C=C(C(=O)O)[S+]([O-])c1ccccc1)OC. The van der Waals surface area contributed by atoms with E-state index in [0.717, 1.165) is 0 Å². The molecule has 1 atom stereocenters. The predicted octanol–water partition coefficient (Wildman–Crippen LogP) is 1.38. The molecule has 0 heterocycles. The topological polar surface area (TPSA) is 78.8 Å². The first-order valence-corrected chi connectivity index (χ1v) is 6.22. The predicted molar refractivity (Wildman–Crippen MR) is 66.4 cm³/mol. The highest BCUT2D eigenvalue weighted by atomic mass is 32.2. The number of ether oxygens (including phenoxy) is 2. The number of hydrogen-bond acceptors (Lipinski definition) is 4. The molecule has 6 heteroatoms. The molecule has 0 amide bonds. The molecular formula is C12H14O5S. The standard InChI is InChI=1S/C12H14O5S/c1-16-11(17-2)8-10(12(13)14)18(15)9-6-4-3-5-7-9/h3-8,11H,1-2H3,(H,13,14). The van der Waals surface area contributed by atoms with E-state index in [9.17, 15) is 9.35 Å². The fraction of sp³-hybridized carbons (Fsp3) is 0.250. The minimum absolute atomic E-state index is 0.269. The molecule has 0 bridgehead atoms. The van der Waals surface area contributed by atoms with Crippen LogP contribution in [0.2, 0.25) is 0 Å². The van der Waals surface area contributed by atoms with Gasteiger partial charge in [0.25, 0.3) is 0 Å². The van der Waals surface area contributed by atoms with E-state index < -0.39 is 23.4 Å². The highest BCUT2D eigenvalue weighted by Crippen LogP contribution is 2.20. The molecule has 0 aromatic heterocycles. The summed E-state index contributed by atoms with van der Waals surface area (Å²) in [6.45, 7) is 0. The monoisotopic (exact) mass is 270 g/mol. The Kier molecular flexibility index (Phi) is 5.87. The second-order valence-corrected chi connectivity index (χ2v) is 4.71. The molecule has 1 aromatic rings. The maximum Gasteiger partial charge on any atom is 0.384 e. The lowest BCUT2D eigenvalue weighted by Gasteiger charge is -2.13. The van der Waals surface area contributed by atoms with Crippen LogP contribution in [0.5, 0.6) is 0 Å². The summed E-state index contributed by atoms with van der Waals surface area (Å²) < 4.78 is 21.8. The summed E-state index contributed by atoms with van der Waals surface area (Å²) in [4.78, 5) is 11.3. The molecule has 0 saturated carbocycles. The van der Waals surface area contributed by atoms with Crippen LogP contribution in [0.15, 0.2) is 46.2 Å². The van der Waals surface area contributed by atoms with Crippen LogP contribution in [0.4, 0.5) is 0 Å². The molecule has 0 aliphatic heterocycles. The minimum atomic E-state index is -1.77. The van der Waals surface area contributed by atoms with Crippen LogP contribution in [-0.2, 0) is 25.4 Å². The third-order valence-corrected chi connectivity index (χ3v) is 3.53. The normalized spacial score (nSPS) is 13.7. The summed E-state index contributed by atoms with van der Waals surface area (Å²) in [5.74, 6) is -1.27. The van der Waals surface area contributed by atoms with Crippen molar-refractivity contribution in [2.24, 2.45) is 0 Å². The number of methoxy groups -OCH3 is 2. The molecule has 0 spiro atoms. The largest absolute Gasteiger partial charge is 0.606 e. The van der Waals surface area contributed by atoms with Gasteiger partial charge in [-0.2, -0.15) is 0 Å². The average molecular weight is 270 g/mol. The van der Waals surface area contributed by atoms with Crippen molar-refractivity contribution >= 4 is 17.1 Å². The van der Waals surface area contributed by atoms with Crippen molar-refractivity contribution in [3.05, 3.63) is 41.3 Å². The number of hydrogen-bond donors (Lipinski definition) is 1. The van der Waals surface area contributed by atoms with Crippen molar-refractivity contribution < 1.29 is 23.9 Å². The van der Waals surface area contributed by atoms with Crippen LogP contribution >= 0.6 is 0 Å². The Morgan fingerprint density at radius 3 is 2.33 bits per heavy atom. The van der Waals surface area contributed by atoms with Gasteiger partial charge >= 0.3 is 5.97 Å². The third kappa shape index (κ3) is 3.85. The van der Waals surface area contributed by atoms with E-state index in [1.54, 1.807) is 30.3 Å². The fourth-order valence-electron chi connectivity index (χ4n) is 1.24. The summed E-state index contributed by atoms with van der Waals surface area (Å²) in [5, 5.41) is 9.07. The van der Waals surface area contributed by atoms with Crippen molar-refractivity contribution in [2.45, 2.75) is 11.2 Å². The minimum Gasteiger partial charge on any atom is -0.606 e. The number of carbonyl (C=O) groups is 1. The molecule has 0 saturated heterocycles. The van der Waals surface area contributed by atoms with Gasteiger partial charge in [0.05, 0.1) is 0 Å². The van der Waals surface area contributed by atoms with Gasteiger partial charge in [0.2, 0.25) is 4.91 Å². The molecule has 5 nitrogen and oxygen atoms in total. The molecule has 1 N–H and O–H groups in total. The number of carboxylic acids is 1. The molecule has 1 aromatic carbocycles. The van der Waals surface area contributed by atoms with Crippen molar-refractivity contribution in [1.82, 2.24) is 0 Å². The van der Waals surface area contributed by atoms with Crippen LogP contribution in [0.25, 0.3) is 0 Å². The van der Waals surface area contributed by atoms with E-state index >= 15 is 0 Å². The number of rotatable bonds is 6. The number of carboxylic acid groups (broad SMARTS) is 1. The van der Waals surface area contributed by atoms with Gasteiger partial charge in [-0.1, -0.05) is 18.2 Å². The molecule has 0 aliphatic rings. The van der Waals surface area contributed by atoms with Gasteiger partial charge in [0, 0.05) is 31.5 Å². The van der Waals surface area contributed by atoms with Gasteiger partial charge in [0.15, 0.2) is 11.2 Å². The van der Waals surface area contributed by atoms with Crippen molar-refractivity contribution in [3.8, 4) is 0 Å². The molecule has 1 unspecified atom stereocenters. The lowest BCUT2D eigenvalue weighted by molar-refractivity contribution is -0.132. The molecule has 0 fully saturated rings. The highest BCUT2D eigenvalue weighted by molar-refractivity contribution is 7.96. The van der Waals surface area contributed by atoms with E-state index in [0.29, 0.717) is 4.90 Å². The van der Waals surface area contributed by atoms with Crippen molar-refractivity contribution in [1.29, 1.82) is 0 Å². The molecule has 1 rings (SSSR count). The molecule has 18 heavy (non-hydrogen) atoms. The fourth-order valence-corrected chi connectivity index (χ4v) is 2.29. The first-order valence-electron chi connectivity index (χ1n) is 5.07. The Morgan fingerprint density at radius 1 is 1.33 bits per heavy atom. The van der Waals surface area contributed by atoms with Crippen LogP contribution in [0, 0.1) is 0 Å². The second-order valence-electron chi connectivity index (χ2n) is 3.26. The summed E-state index contributed by atoms with van der Waals surface area (Å²) >= 11 is -1.77. The van der Waals surface area contributed by atoms with Gasteiger partial charge in [-0.15, -0.1) is 0 Å². The van der Waals surface area contributed by atoms with Crippen LogP contribution < -0.4 is 0 Å². The Bertz CT molecular complexity index is 414. The zero-order chi connectivity index (χ0) is 13.5. The van der Waals surface area contributed by atoms with Crippen LogP contribution in [0.1, 0.15) is 0 Å². The summed E-state index contributed by atoms with van der Waals surface area (Å²) in [5.41, 5.74) is 0.